The highest BCUT2D eigenvalue weighted by Crippen LogP contribution is 2.46. The Kier molecular flexibility index (Phi) is 4.90. The first-order chi connectivity index (χ1) is 6.67. The molecule has 0 heterocycles. The second kappa shape index (κ2) is 5.72. The summed E-state index contributed by atoms with van der Waals surface area (Å²) in [5, 5.41) is 3.10. The average Bonchev–Trinajstić information content (AvgIpc) is 2.83. The van der Waals surface area contributed by atoms with E-state index in [0.717, 1.165) is 24.2 Å². The summed E-state index contributed by atoms with van der Waals surface area (Å²) >= 11 is 0. The molecule has 14 heavy (non-hydrogen) atoms. The van der Waals surface area contributed by atoms with Crippen LogP contribution in [0.3, 0.4) is 0 Å². The minimum absolute atomic E-state index is 0.188. The van der Waals surface area contributed by atoms with Crippen molar-refractivity contribution in [3.05, 3.63) is 0 Å². The fourth-order valence-corrected chi connectivity index (χ4v) is 2.49. The SMILES string of the molecule is CCCC1CC1CC(C)CC(N)NC. The second-order valence-corrected chi connectivity index (χ2v) is 5.02. The molecule has 0 amide bonds. The van der Waals surface area contributed by atoms with Crippen LogP contribution in [-0.2, 0) is 0 Å². The van der Waals surface area contributed by atoms with Gasteiger partial charge in [0.05, 0.1) is 6.17 Å². The van der Waals surface area contributed by atoms with E-state index in [4.69, 9.17) is 5.73 Å². The Labute approximate surface area is 88.6 Å². The van der Waals surface area contributed by atoms with Crippen LogP contribution in [-0.4, -0.2) is 13.2 Å². The second-order valence-electron chi connectivity index (χ2n) is 5.02. The summed E-state index contributed by atoms with van der Waals surface area (Å²) in [6, 6.07) is 0. The molecule has 0 aromatic heterocycles. The first kappa shape index (κ1) is 12.0. The topological polar surface area (TPSA) is 38.0 Å². The van der Waals surface area contributed by atoms with Gasteiger partial charge in [0.1, 0.15) is 0 Å². The fourth-order valence-electron chi connectivity index (χ4n) is 2.49. The molecule has 4 unspecified atom stereocenters. The van der Waals surface area contributed by atoms with E-state index in [0.29, 0.717) is 0 Å². The lowest BCUT2D eigenvalue weighted by molar-refractivity contribution is 0.383. The van der Waals surface area contributed by atoms with Crippen molar-refractivity contribution < 1.29 is 0 Å². The first-order valence-corrected chi connectivity index (χ1v) is 6.10. The summed E-state index contributed by atoms with van der Waals surface area (Å²) in [5.41, 5.74) is 5.85. The van der Waals surface area contributed by atoms with Crippen LogP contribution in [0.1, 0.15) is 46.0 Å². The van der Waals surface area contributed by atoms with Gasteiger partial charge in [0.15, 0.2) is 0 Å². The van der Waals surface area contributed by atoms with Crippen molar-refractivity contribution in [3.63, 3.8) is 0 Å². The molecule has 1 aliphatic carbocycles. The molecule has 1 fully saturated rings. The standard InChI is InChI=1S/C12H26N2/c1-4-5-10-8-11(10)6-9(2)7-12(13)14-3/h9-12,14H,4-8,13H2,1-3H3. The van der Waals surface area contributed by atoms with E-state index < -0.39 is 0 Å². The van der Waals surface area contributed by atoms with E-state index in [1.807, 2.05) is 7.05 Å². The minimum atomic E-state index is 0.188. The van der Waals surface area contributed by atoms with Gasteiger partial charge >= 0.3 is 0 Å². The predicted octanol–water partition coefficient (Wildman–Crippen LogP) is 2.34. The molecule has 0 radical (unpaired) electrons. The first-order valence-electron chi connectivity index (χ1n) is 6.10. The van der Waals surface area contributed by atoms with Crippen molar-refractivity contribution in [2.45, 2.75) is 52.1 Å². The van der Waals surface area contributed by atoms with Gasteiger partial charge in [0.2, 0.25) is 0 Å². The molecule has 0 saturated heterocycles. The Hall–Kier alpha value is -0.0800. The van der Waals surface area contributed by atoms with Crippen LogP contribution < -0.4 is 11.1 Å². The van der Waals surface area contributed by atoms with Gasteiger partial charge in [-0.2, -0.15) is 0 Å². The number of nitrogens with two attached hydrogens (primary N) is 1. The van der Waals surface area contributed by atoms with Crippen LogP contribution in [0, 0.1) is 17.8 Å². The van der Waals surface area contributed by atoms with E-state index in [2.05, 4.69) is 19.2 Å². The highest BCUT2D eigenvalue weighted by Gasteiger charge is 2.36. The van der Waals surface area contributed by atoms with Gasteiger partial charge < -0.3 is 11.1 Å². The van der Waals surface area contributed by atoms with Crippen molar-refractivity contribution in [1.29, 1.82) is 0 Å². The molecule has 0 aromatic rings. The Morgan fingerprint density at radius 1 is 1.43 bits per heavy atom. The zero-order valence-electron chi connectivity index (χ0n) is 9.92. The zero-order valence-corrected chi connectivity index (χ0v) is 9.92. The van der Waals surface area contributed by atoms with E-state index in [-0.39, 0.29) is 6.17 Å². The summed E-state index contributed by atoms with van der Waals surface area (Å²) in [7, 11) is 1.94. The normalized spacial score (nSPS) is 30.0. The van der Waals surface area contributed by atoms with Crippen LogP contribution >= 0.6 is 0 Å². The lowest BCUT2D eigenvalue weighted by atomic mass is 9.98. The van der Waals surface area contributed by atoms with Gasteiger partial charge in [-0.1, -0.05) is 26.7 Å². The fraction of sp³-hybridized carbons (Fsp3) is 1.00. The maximum Gasteiger partial charge on any atom is 0.0546 e. The molecule has 0 spiro atoms. The molecule has 0 aliphatic heterocycles. The highest BCUT2D eigenvalue weighted by atomic mass is 15.0. The Morgan fingerprint density at radius 3 is 2.71 bits per heavy atom. The molecular weight excluding hydrogens is 172 g/mol. The molecule has 1 saturated carbocycles. The van der Waals surface area contributed by atoms with Gasteiger partial charge in [0, 0.05) is 0 Å². The number of nitrogens with one attached hydrogen (secondary N) is 1. The Morgan fingerprint density at radius 2 is 2.14 bits per heavy atom. The van der Waals surface area contributed by atoms with Crippen LogP contribution in [0.15, 0.2) is 0 Å². The third-order valence-electron chi connectivity index (χ3n) is 3.46. The maximum atomic E-state index is 5.85. The van der Waals surface area contributed by atoms with Gasteiger partial charge in [-0.05, 0) is 44.1 Å². The summed E-state index contributed by atoms with van der Waals surface area (Å²) in [6.45, 7) is 4.62. The number of hydrogen-bond acceptors (Lipinski definition) is 2. The van der Waals surface area contributed by atoms with Crippen LogP contribution in [0.2, 0.25) is 0 Å². The van der Waals surface area contributed by atoms with Crippen LogP contribution in [0.4, 0.5) is 0 Å². The van der Waals surface area contributed by atoms with Crippen molar-refractivity contribution in [3.8, 4) is 0 Å². The lowest BCUT2D eigenvalue weighted by Crippen LogP contribution is -2.35. The largest absolute Gasteiger partial charge is 0.316 e. The maximum absolute atomic E-state index is 5.85. The summed E-state index contributed by atoms with van der Waals surface area (Å²) in [4.78, 5) is 0. The van der Waals surface area contributed by atoms with Crippen LogP contribution in [0.5, 0.6) is 0 Å². The van der Waals surface area contributed by atoms with E-state index >= 15 is 0 Å². The highest BCUT2D eigenvalue weighted by molar-refractivity contribution is 4.87. The molecular formula is C12H26N2. The van der Waals surface area contributed by atoms with Gasteiger partial charge in [0.25, 0.3) is 0 Å². The third kappa shape index (κ3) is 3.97. The van der Waals surface area contributed by atoms with Gasteiger partial charge in [-0.25, -0.2) is 0 Å². The molecule has 0 aromatic carbocycles. The van der Waals surface area contributed by atoms with E-state index in [1.54, 1.807) is 0 Å². The van der Waals surface area contributed by atoms with Crippen molar-refractivity contribution in [2.24, 2.45) is 23.5 Å². The Bertz CT molecular complexity index is 158. The van der Waals surface area contributed by atoms with E-state index in [9.17, 15) is 0 Å². The Balaban J connectivity index is 2.07. The molecule has 1 rings (SSSR count). The zero-order chi connectivity index (χ0) is 10.6. The molecule has 0 bridgehead atoms. The quantitative estimate of drug-likeness (QED) is 0.616. The molecule has 1 aliphatic rings. The average molecular weight is 198 g/mol. The van der Waals surface area contributed by atoms with Crippen LogP contribution in [0.25, 0.3) is 0 Å². The van der Waals surface area contributed by atoms with Gasteiger partial charge in [-0.15, -0.1) is 0 Å². The monoisotopic (exact) mass is 198 g/mol. The van der Waals surface area contributed by atoms with Crippen molar-refractivity contribution in [1.82, 2.24) is 5.32 Å². The number of hydrogen-bond donors (Lipinski definition) is 2. The number of rotatable bonds is 7. The van der Waals surface area contributed by atoms with E-state index in [1.165, 1.54) is 25.7 Å². The molecule has 3 N–H and O–H groups in total. The van der Waals surface area contributed by atoms with Crippen molar-refractivity contribution in [2.75, 3.05) is 7.05 Å². The predicted molar refractivity (Wildman–Crippen MR) is 61.9 cm³/mol. The van der Waals surface area contributed by atoms with Gasteiger partial charge in [-0.3, -0.25) is 0 Å². The lowest BCUT2D eigenvalue weighted by Gasteiger charge is -2.16. The molecule has 4 atom stereocenters. The summed E-state index contributed by atoms with van der Waals surface area (Å²) < 4.78 is 0. The smallest absolute Gasteiger partial charge is 0.0546 e. The summed E-state index contributed by atoms with van der Waals surface area (Å²) in [5.74, 6) is 2.85. The molecule has 2 nitrogen and oxygen atoms in total. The molecule has 2 heteroatoms. The minimum Gasteiger partial charge on any atom is -0.316 e. The van der Waals surface area contributed by atoms with Crippen molar-refractivity contribution >= 4 is 0 Å². The molecule has 84 valence electrons. The third-order valence-corrected chi connectivity index (χ3v) is 3.46. The summed E-state index contributed by atoms with van der Waals surface area (Å²) in [6.07, 6.45) is 6.97.